The normalized spacial score (nSPS) is 11.3. The van der Waals surface area contributed by atoms with Crippen LogP contribution in [0.25, 0.3) is 33.2 Å². The number of hydrogen-bond acceptors (Lipinski definition) is 2. The van der Waals surface area contributed by atoms with Crippen molar-refractivity contribution in [3.05, 3.63) is 49.1 Å². The van der Waals surface area contributed by atoms with Gasteiger partial charge in [0.2, 0.25) is 0 Å². The average molecular weight is 234 g/mol. The summed E-state index contributed by atoms with van der Waals surface area (Å²) in [6.07, 6.45) is 7.53. The molecule has 4 aromatic heterocycles. The molecule has 86 valence electrons. The van der Waals surface area contributed by atoms with Crippen LogP contribution in [0.5, 0.6) is 0 Å². The Hall–Kier alpha value is -2.62. The van der Waals surface area contributed by atoms with E-state index in [9.17, 15) is 0 Å². The Kier molecular flexibility index (Phi) is 1.80. The molecule has 0 bridgehead atoms. The number of nitrogens with zero attached hydrogens (tertiary/aromatic N) is 2. The molecule has 4 rings (SSSR count). The number of hydrogen-bond donors (Lipinski definition) is 2. The van der Waals surface area contributed by atoms with E-state index in [1.165, 1.54) is 0 Å². The number of rotatable bonds is 1. The van der Waals surface area contributed by atoms with Crippen LogP contribution in [0.4, 0.5) is 0 Å². The van der Waals surface area contributed by atoms with Crippen molar-refractivity contribution in [2.75, 3.05) is 0 Å². The molecule has 0 fully saturated rings. The van der Waals surface area contributed by atoms with E-state index in [-0.39, 0.29) is 0 Å². The van der Waals surface area contributed by atoms with E-state index < -0.39 is 0 Å². The third kappa shape index (κ3) is 1.32. The molecule has 0 amide bonds. The molecule has 2 N–H and O–H groups in total. The second-order valence-electron chi connectivity index (χ2n) is 4.28. The van der Waals surface area contributed by atoms with E-state index in [4.69, 9.17) is 0 Å². The summed E-state index contributed by atoms with van der Waals surface area (Å²) in [6, 6.07) is 8.28. The van der Waals surface area contributed by atoms with E-state index in [0.717, 1.165) is 33.2 Å². The topological polar surface area (TPSA) is 57.4 Å². The van der Waals surface area contributed by atoms with Crippen LogP contribution in [0.2, 0.25) is 0 Å². The largest absolute Gasteiger partial charge is 0.346 e. The van der Waals surface area contributed by atoms with Crippen molar-refractivity contribution in [2.24, 2.45) is 0 Å². The first-order valence-corrected chi connectivity index (χ1v) is 5.77. The minimum Gasteiger partial charge on any atom is -0.346 e. The van der Waals surface area contributed by atoms with Crippen LogP contribution in [0.1, 0.15) is 0 Å². The van der Waals surface area contributed by atoms with E-state index in [1.54, 1.807) is 0 Å². The van der Waals surface area contributed by atoms with Crippen LogP contribution in [-0.4, -0.2) is 19.9 Å². The van der Waals surface area contributed by atoms with Crippen molar-refractivity contribution in [1.29, 1.82) is 0 Å². The summed E-state index contributed by atoms with van der Waals surface area (Å²) in [5.74, 6) is 0. The van der Waals surface area contributed by atoms with Gasteiger partial charge in [0.1, 0.15) is 11.3 Å². The smallest absolute Gasteiger partial charge is 0.137 e. The molecule has 0 saturated carbocycles. The van der Waals surface area contributed by atoms with E-state index in [2.05, 4.69) is 32.1 Å². The molecule has 0 aromatic carbocycles. The van der Waals surface area contributed by atoms with Gasteiger partial charge in [-0.05, 0) is 24.3 Å². The van der Waals surface area contributed by atoms with Crippen LogP contribution in [0.3, 0.4) is 0 Å². The molecule has 0 atom stereocenters. The van der Waals surface area contributed by atoms with Gasteiger partial charge in [-0.25, -0.2) is 9.97 Å². The number of aromatic nitrogens is 4. The molecule has 4 aromatic rings. The van der Waals surface area contributed by atoms with E-state index >= 15 is 0 Å². The number of pyridine rings is 2. The van der Waals surface area contributed by atoms with Crippen molar-refractivity contribution in [3.8, 4) is 11.1 Å². The fourth-order valence-corrected chi connectivity index (χ4v) is 2.20. The minimum absolute atomic E-state index is 0.912. The third-order valence-electron chi connectivity index (χ3n) is 3.13. The van der Waals surface area contributed by atoms with Crippen molar-refractivity contribution < 1.29 is 0 Å². The molecule has 0 aliphatic heterocycles. The van der Waals surface area contributed by atoms with Gasteiger partial charge in [-0.1, -0.05) is 0 Å². The summed E-state index contributed by atoms with van der Waals surface area (Å²) >= 11 is 0. The SMILES string of the molecule is c1cc2cc(-c3cnc4[nH]ccc4c3)cnc2[nH]1. The molecule has 4 heterocycles. The Bertz CT molecular complexity index is 769. The zero-order valence-electron chi connectivity index (χ0n) is 9.51. The summed E-state index contributed by atoms with van der Waals surface area (Å²) in [6.45, 7) is 0. The van der Waals surface area contributed by atoms with Gasteiger partial charge in [0, 0.05) is 46.7 Å². The van der Waals surface area contributed by atoms with Gasteiger partial charge >= 0.3 is 0 Å². The lowest BCUT2D eigenvalue weighted by Crippen LogP contribution is -1.83. The summed E-state index contributed by atoms with van der Waals surface area (Å²) < 4.78 is 0. The van der Waals surface area contributed by atoms with Crippen LogP contribution >= 0.6 is 0 Å². The molecule has 0 aliphatic rings. The molecular weight excluding hydrogens is 224 g/mol. The molecule has 0 radical (unpaired) electrons. The van der Waals surface area contributed by atoms with Crippen molar-refractivity contribution in [1.82, 2.24) is 19.9 Å². The van der Waals surface area contributed by atoms with Gasteiger partial charge in [-0.15, -0.1) is 0 Å². The lowest BCUT2D eigenvalue weighted by molar-refractivity contribution is 1.31. The Morgan fingerprint density at radius 2 is 1.22 bits per heavy atom. The van der Waals surface area contributed by atoms with Gasteiger partial charge in [0.15, 0.2) is 0 Å². The molecule has 4 heteroatoms. The summed E-state index contributed by atoms with van der Waals surface area (Å²) in [5.41, 5.74) is 3.99. The molecule has 0 spiro atoms. The number of nitrogens with one attached hydrogen (secondary N) is 2. The highest BCUT2D eigenvalue weighted by molar-refractivity contribution is 5.85. The molecule has 4 nitrogen and oxygen atoms in total. The fourth-order valence-electron chi connectivity index (χ4n) is 2.20. The summed E-state index contributed by atoms with van der Waals surface area (Å²) in [5, 5.41) is 2.23. The van der Waals surface area contributed by atoms with E-state index in [1.807, 2.05) is 36.9 Å². The van der Waals surface area contributed by atoms with Gasteiger partial charge in [0.25, 0.3) is 0 Å². The lowest BCUT2D eigenvalue weighted by Gasteiger charge is -2.01. The second-order valence-corrected chi connectivity index (χ2v) is 4.28. The summed E-state index contributed by atoms with van der Waals surface area (Å²) in [4.78, 5) is 15.0. The van der Waals surface area contributed by atoms with Gasteiger partial charge in [0.05, 0.1) is 0 Å². The third-order valence-corrected chi connectivity index (χ3v) is 3.13. The zero-order valence-corrected chi connectivity index (χ0v) is 9.51. The molecule has 18 heavy (non-hydrogen) atoms. The molecule has 0 aliphatic carbocycles. The zero-order chi connectivity index (χ0) is 11.9. The van der Waals surface area contributed by atoms with Crippen molar-refractivity contribution >= 4 is 22.1 Å². The lowest BCUT2D eigenvalue weighted by atomic mass is 10.1. The molecule has 0 saturated heterocycles. The summed E-state index contributed by atoms with van der Waals surface area (Å²) in [7, 11) is 0. The maximum atomic E-state index is 4.39. The monoisotopic (exact) mass is 234 g/mol. The molecule has 0 unspecified atom stereocenters. The number of H-pyrrole nitrogens is 2. The Morgan fingerprint density at radius 1 is 0.722 bits per heavy atom. The highest BCUT2D eigenvalue weighted by atomic mass is 14.8. The van der Waals surface area contributed by atoms with Crippen LogP contribution in [-0.2, 0) is 0 Å². The predicted octanol–water partition coefficient (Wildman–Crippen LogP) is 3.11. The maximum Gasteiger partial charge on any atom is 0.137 e. The van der Waals surface area contributed by atoms with Crippen LogP contribution < -0.4 is 0 Å². The van der Waals surface area contributed by atoms with Crippen LogP contribution in [0.15, 0.2) is 49.1 Å². The van der Waals surface area contributed by atoms with Gasteiger partial charge in [-0.2, -0.15) is 0 Å². The predicted molar refractivity (Wildman–Crippen MR) is 71.2 cm³/mol. The van der Waals surface area contributed by atoms with Crippen molar-refractivity contribution in [3.63, 3.8) is 0 Å². The Labute approximate surface area is 103 Å². The second kappa shape index (κ2) is 3.43. The first-order valence-electron chi connectivity index (χ1n) is 5.77. The van der Waals surface area contributed by atoms with Crippen LogP contribution in [0, 0.1) is 0 Å². The fraction of sp³-hybridized carbons (Fsp3) is 0. The van der Waals surface area contributed by atoms with Gasteiger partial charge in [-0.3, -0.25) is 0 Å². The Morgan fingerprint density at radius 3 is 1.72 bits per heavy atom. The quantitative estimate of drug-likeness (QED) is 0.531. The highest BCUT2D eigenvalue weighted by Gasteiger charge is 2.04. The first-order chi connectivity index (χ1) is 8.90. The Balaban J connectivity index is 1.93. The number of fused-ring (bicyclic) bond motifs is 2. The van der Waals surface area contributed by atoms with E-state index in [0.29, 0.717) is 0 Å². The average Bonchev–Trinajstić information content (AvgIpc) is 3.05. The maximum absolute atomic E-state index is 4.39. The highest BCUT2D eigenvalue weighted by Crippen LogP contribution is 2.24. The number of aromatic amines is 2. The van der Waals surface area contributed by atoms with Gasteiger partial charge < -0.3 is 9.97 Å². The first kappa shape index (κ1) is 9.41. The standard InChI is InChI=1S/C14H10N4/c1-3-15-13-9(1)5-11(7-17-13)12-6-10-2-4-16-14(10)18-8-12/h1-8H,(H,15,17)(H,16,18). The van der Waals surface area contributed by atoms with Crippen molar-refractivity contribution in [2.45, 2.75) is 0 Å². The minimum atomic E-state index is 0.912. The molecular formula is C14H10N4.